The van der Waals surface area contributed by atoms with E-state index in [0.717, 1.165) is 29.7 Å². The van der Waals surface area contributed by atoms with E-state index in [4.69, 9.17) is 0 Å². The Balaban J connectivity index is 1.58. The molecule has 0 aromatic heterocycles. The molecule has 162 valence electrons. The number of fused-ring (bicyclic) bond motifs is 4. The van der Waals surface area contributed by atoms with Crippen LogP contribution >= 0.6 is 0 Å². The van der Waals surface area contributed by atoms with E-state index in [2.05, 4.69) is 47.3 Å². The molecule has 4 rings (SSSR count). The van der Waals surface area contributed by atoms with Crippen molar-refractivity contribution in [2.24, 2.45) is 34.5 Å². The maximum atomic E-state index is 10.4. The molecule has 0 unspecified atom stereocenters. The number of rotatable bonds is 4. The molecule has 0 spiro atoms. The van der Waals surface area contributed by atoms with Gasteiger partial charge in [0.2, 0.25) is 0 Å². The van der Waals surface area contributed by atoms with Gasteiger partial charge in [0.05, 0.1) is 6.10 Å². The number of allylic oxidation sites excluding steroid dienone is 4. The van der Waals surface area contributed by atoms with Crippen LogP contribution in [-0.4, -0.2) is 11.2 Å². The van der Waals surface area contributed by atoms with E-state index < -0.39 is 0 Å². The van der Waals surface area contributed by atoms with E-state index in [1.807, 2.05) is 11.1 Å². The van der Waals surface area contributed by atoms with Crippen LogP contribution in [0.3, 0.4) is 0 Å². The number of hydrogen-bond donors (Lipinski definition) is 1. The van der Waals surface area contributed by atoms with Gasteiger partial charge in [0.25, 0.3) is 0 Å². The van der Waals surface area contributed by atoms with E-state index in [1.165, 1.54) is 63.4 Å². The fourth-order valence-electron chi connectivity index (χ4n) is 8.32. The Morgan fingerprint density at radius 3 is 2.59 bits per heavy atom. The Labute approximate surface area is 179 Å². The molecule has 0 aromatic carbocycles. The van der Waals surface area contributed by atoms with Gasteiger partial charge in [-0.15, -0.1) is 0 Å². The van der Waals surface area contributed by atoms with Crippen molar-refractivity contribution in [1.82, 2.24) is 0 Å². The maximum absolute atomic E-state index is 10.4. The molecule has 1 heteroatoms. The zero-order valence-electron chi connectivity index (χ0n) is 19.7. The lowest BCUT2D eigenvalue weighted by Crippen LogP contribution is -2.49. The van der Waals surface area contributed by atoms with Gasteiger partial charge < -0.3 is 5.11 Å². The normalized spacial score (nSPS) is 42.8. The molecule has 7 atom stereocenters. The highest BCUT2D eigenvalue weighted by molar-refractivity contribution is 5.36. The van der Waals surface area contributed by atoms with Crippen molar-refractivity contribution >= 4 is 0 Å². The summed E-state index contributed by atoms with van der Waals surface area (Å²) >= 11 is 0. The first kappa shape index (κ1) is 21.4. The quantitative estimate of drug-likeness (QED) is 0.484. The second-order valence-corrected chi connectivity index (χ2v) is 11.7. The second kappa shape index (κ2) is 7.70. The van der Waals surface area contributed by atoms with Crippen molar-refractivity contribution in [3.05, 3.63) is 34.9 Å². The first-order chi connectivity index (χ1) is 13.7. The van der Waals surface area contributed by atoms with E-state index >= 15 is 0 Å². The Bertz CT molecular complexity index is 723. The predicted octanol–water partition coefficient (Wildman–Crippen LogP) is 7.62. The van der Waals surface area contributed by atoms with Crippen LogP contribution in [0.4, 0.5) is 0 Å². The van der Waals surface area contributed by atoms with Crippen LogP contribution in [0.2, 0.25) is 0 Å². The summed E-state index contributed by atoms with van der Waals surface area (Å²) in [6, 6.07) is 0. The van der Waals surface area contributed by atoms with Crippen molar-refractivity contribution < 1.29 is 5.11 Å². The highest BCUT2D eigenvalue weighted by atomic mass is 16.3. The fourth-order valence-corrected chi connectivity index (χ4v) is 8.32. The average molecular weight is 397 g/mol. The average Bonchev–Trinajstić information content (AvgIpc) is 3.02. The van der Waals surface area contributed by atoms with Crippen molar-refractivity contribution in [1.29, 1.82) is 0 Å². The van der Waals surface area contributed by atoms with E-state index in [0.29, 0.717) is 16.7 Å². The Morgan fingerprint density at radius 2 is 1.86 bits per heavy atom. The number of hydrogen-bond acceptors (Lipinski definition) is 1. The Kier molecular flexibility index (Phi) is 5.69. The lowest BCUT2D eigenvalue weighted by molar-refractivity contribution is 0.00297. The molecule has 4 aliphatic carbocycles. The van der Waals surface area contributed by atoms with Crippen molar-refractivity contribution in [2.45, 2.75) is 105 Å². The molecule has 3 saturated carbocycles. The van der Waals surface area contributed by atoms with Gasteiger partial charge in [-0.2, -0.15) is 0 Å². The third-order valence-corrected chi connectivity index (χ3v) is 9.96. The van der Waals surface area contributed by atoms with E-state index in [-0.39, 0.29) is 6.10 Å². The molecule has 0 radical (unpaired) electrons. The summed E-state index contributed by atoms with van der Waals surface area (Å²) in [5.74, 6) is 2.96. The molecule has 0 aliphatic heterocycles. The molecule has 0 heterocycles. The van der Waals surface area contributed by atoms with Crippen molar-refractivity contribution in [3.63, 3.8) is 0 Å². The third kappa shape index (κ3) is 3.40. The molecule has 0 bridgehead atoms. The van der Waals surface area contributed by atoms with Crippen LogP contribution in [0.5, 0.6) is 0 Å². The van der Waals surface area contributed by atoms with Gasteiger partial charge >= 0.3 is 0 Å². The number of aliphatic hydroxyl groups excluding tert-OH is 1. The maximum Gasteiger partial charge on any atom is 0.0750 e. The molecular formula is C28H44O. The predicted molar refractivity (Wildman–Crippen MR) is 124 cm³/mol. The lowest BCUT2D eigenvalue weighted by Gasteiger charge is -2.57. The molecule has 3 fully saturated rings. The van der Waals surface area contributed by atoms with Gasteiger partial charge in [-0.25, -0.2) is 0 Å². The van der Waals surface area contributed by atoms with Crippen LogP contribution < -0.4 is 0 Å². The molecule has 4 aliphatic rings. The topological polar surface area (TPSA) is 20.2 Å². The highest BCUT2D eigenvalue weighted by Gasteiger charge is 2.56. The number of aliphatic hydroxyl groups is 1. The molecule has 1 N–H and O–H groups in total. The van der Waals surface area contributed by atoms with Crippen LogP contribution in [0.25, 0.3) is 0 Å². The standard InChI is InChI=1S/C28H44O/c1-18(2)8-7-9-19(3)22-12-13-24-21-10-11-23-20(4)26(29)15-17-28(23,6)25(21)14-16-27(22,24)5/h8,19,22-23,25-26,29H,4,7,9-17H2,1-3,5-6H3/t19-,22-,23+,25+,26+,27-,28+/m1/s1. The summed E-state index contributed by atoms with van der Waals surface area (Å²) in [6.07, 6.45) is 14.8. The van der Waals surface area contributed by atoms with Gasteiger partial charge in [-0.1, -0.05) is 50.1 Å². The summed E-state index contributed by atoms with van der Waals surface area (Å²) in [7, 11) is 0. The lowest BCUT2D eigenvalue weighted by atomic mass is 9.48. The summed E-state index contributed by atoms with van der Waals surface area (Å²) in [5.41, 5.74) is 7.14. The minimum Gasteiger partial charge on any atom is -0.389 e. The summed E-state index contributed by atoms with van der Waals surface area (Å²) in [5, 5.41) is 10.4. The first-order valence-corrected chi connectivity index (χ1v) is 12.4. The van der Waals surface area contributed by atoms with Crippen LogP contribution in [0.15, 0.2) is 34.9 Å². The van der Waals surface area contributed by atoms with Gasteiger partial charge in [-0.3, -0.25) is 0 Å². The monoisotopic (exact) mass is 396 g/mol. The minimum atomic E-state index is -0.256. The van der Waals surface area contributed by atoms with Crippen molar-refractivity contribution in [2.75, 3.05) is 0 Å². The third-order valence-electron chi connectivity index (χ3n) is 9.96. The fraction of sp³-hybridized carbons (Fsp3) is 0.786. The summed E-state index contributed by atoms with van der Waals surface area (Å²) < 4.78 is 0. The molecule has 1 nitrogen and oxygen atoms in total. The zero-order valence-corrected chi connectivity index (χ0v) is 19.7. The highest BCUT2D eigenvalue weighted by Crippen LogP contribution is 2.66. The van der Waals surface area contributed by atoms with Crippen molar-refractivity contribution in [3.8, 4) is 0 Å². The summed E-state index contributed by atoms with van der Waals surface area (Å²) in [4.78, 5) is 0. The molecular weight excluding hydrogens is 352 g/mol. The molecule has 0 saturated heterocycles. The molecule has 0 amide bonds. The second-order valence-electron chi connectivity index (χ2n) is 11.7. The van der Waals surface area contributed by atoms with Crippen LogP contribution in [0, 0.1) is 34.5 Å². The first-order valence-electron chi connectivity index (χ1n) is 12.4. The Morgan fingerprint density at radius 1 is 1.10 bits per heavy atom. The van der Waals surface area contributed by atoms with E-state index in [9.17, 15) is 5.11 Å². The van der Waals surface area contributed by atoms with Gasteiger partial charge in [0.1, 0.15) is 0 Å². The minimum absolute atomic E-state index is 0.256. The van der Waals surface area contributed by atoms with Crippen LogP contribution in [-0.2, 0) is 0 Å². The molecule has 29 heavy (non-hydrogen) atoms. The van der Waals surface area contributed by atoms with Gasteiger partial charge in [-0.05, 0) is 118 Å². The largest absolute Gasteiger partial charge is 0.389 e. The summed E-state index contributed by atoms with van der Waals surface area (Å²) in [6.45, 7) is 16.5. The van der Waals surface area contributed by atoms with Gasteiger partial charge in [0, 0.05) is 0 Å². The van der Waals surface area contributed by atoms with Crippen LogP contribution in [0.1, 0.15) is 98.8 Å². The zero-order chi connectivity index (χ0) is 21.0. The smallest absolute Gasteiger partial charge is 0.0750 e. The molecule has 0 aromatic rings. The van der Waals surface area contributed by atoms with E-state index in [1.54, 1.807) is 0 Å². The Hall–Kier alpha value is -0.820. The SMILES string of the molecule is C=C1[C@@H](O)CC[C@@]2(C)[C@H]1CCC1=C3CC[C@H]([C@H](C)CCC=C(C)C)[C@@]3(C)CC[C@@H]12. The van der Waals surface area contributed by atoms with Gasteiger partial charge in [0.15, 0.2) is 0 Å².